The molecule has 122 valence electrons. The van der Waals surface area contributed by atoms with E-state index in [1.54, 1.807) is 0 Å². The molecule has 9 heteroatoms. The molecule has 6 nitrogen and oxygen atoms in total. The average Bonchev–Trinajstić information content (AvgIpc) is 2.92. The van der Waals surface area contributed by atoms with Gasteiger partial charge in [0.15, 0.2) is 5.75 Å². The third-order valence-corrected chi connectivity index (χ3v) is 3.15. The molecular weight excluding hydrogens is 315 g/mol. The molecule has 3 rings (SSSR count). The Morgan fingerprint density at radius 3 is 2.91 bits per heavy atom. The SMILES string of the molecule is O=C(Nc1ccccc1OC(F)(F)F)c1cnn2c1OCCC2. The molecule has 0 fully saturated rings. The van der Waals surface area contributed by atoms with Crippen LogP contribution in [-0.2, 0) is 6.54 Å². The molecular formula is C14H12F3N3O3. The minimum absolute atomic E-state index is 0.0921. The fourth-order valence-corrected chi connectivity index (χ4v) is 2.20. The van der Waals surface area contributed by atoms with Gasteiger partial charge in [0.1, 0.15) is 5.56 Å². The molecule has 0 radical (unpaired) electrons. The van der Waals surface area contributed by atoms with E-state index in [4.69, 9.17) is 4.74 Å². The molecule has 0 saturated carbocycles. The molecule has 1 aliphatic rings. The zero-order chi connectivity index (χ0) is 16.4. The molecule has 23 heavy (non-hydrogen) atoms. The lowest BCUT2D eigenvalue weighted by molar-refractivity contribution is -0.274. The predicted molar refractivity (Wildman–Crippen MR) is 73.4 cm³/mol. The third kappa shape index (κ3) is 3.38. The topological polar surface area (TPSA) is 65.4 Å². The number of benzene rings is 1. The van der Waals surface area contributed by atoms with E-state index in [1.165, 1.54) is 29.1 Å². The van der Waals surface area contributed by atoms with Crippen molar-refractivity contribution in [2.75, 3.05) is 11.9 Å². The van der Waals surface area contributed by atoms with Crippen molar-refractivity contribution in [1.29, 1.82) is 0 Å². The summed E-state index contributed by atoms with van der Waals surface area (Å²) in [6.07, 6.45) is -2.75. The maximum Gasteiger partial charge on any atom is 0.573 e. The number of fused-ring (bicyclic) bond motifs is 1. The lowest BCUT2D eigenvalue weighted by Gasteiger charge is -2.16. The predicted octanol–water partition coefficient (Wildman–Crippen LogP) is 2.82. The first-order valence-corrected chi connectivity index (χ1v) is 6.79. The number of rotatable bonds is 3. The fourth-order valence-electron chi connectivity index (χ4n) is 2.20. The van der Waals surface area contributed by atoms with Crippen molar-refractivity contribution < 1.29 is 27.4 Å². The van der Waals surface area contributed by atoms with Crippen molar-refractivity contribution in [3.63, 3.8) is 0 Å². The van der Waals surface area contributed by atoms with Crippen molar-refractivity contribution in [3.8, 4) is 11.6 Å². The van der Waals surface area contributed by atoms with Crippen LogP contribution in [0.3, 0.4) is 0 Å². The summed E-state index contributed by atoms with van der Waals surface area (Å²) in [5, 5.41) is 6.41. The molecule has 0 unspecified atom stereocenters. The first-order chi connectivity index (χ1) is 10.9. The lowest BCUT2D eigenvalue weighted by atomic mass is 10.2. The Morgan fingerprint density at radius 2 is 2.13 bits per heavy atom. The van der Waals surface area contributed by atoms with Crippen LogP contribution in [0.5, 0.6) is 11.6 Å². The Bertz CT molecular complexity index is 728. The molecule has 0 aliphatic carbocycles. The highest BCUT2D eigenvalue weighted by atomic mass is 19.4. The Kier molecular flexibility index (Phi) is 3.85. The van der Waals surface area contributed by atoms with Gasteiger partial charge in [0.25, 0.3) is 5.91 Å². The zero-order valence-electron chi connectivity index (χ0n) is 11.8. The number of aromatic nitrogens is 2. The van der Waals surface area contributed by atoms with Gasteiger partial charge in [-0.25, -0.2) is 4.68 Å². The van der Waals surface area contributed by atoms with E-state index < -0.39 is 18.0 Å². The third-order valence-electron chi connectivity index (χ3n) is 3.15. The Balaban J connectivity index is 1.82. The van der Waals surface area contributed by atoms with Gasteiger partial charge in [0.2, 0.25) is 5.88 Å². The number of anilines is 1. The number of aryl methyl sites for hydroxylation is 1. The Morgan fingerprint density at radius 1 is 1.35 bits per heavy atom. The van der Waals surface area contributed by atoms with Gasteiger partial charge in [0, 0.05) is 13.0 Å². The summed E-state index contributed by atoms with van der Waals surface area (Å²) in [6, 6.07) is 5.30. The molecule has 0 saturated heterocycles. The van der Waals surface area contributed by atoms with E-state index in [0.717, 1.165) is 12.5 Å². The first kappa shape index (κ1) is 15.2. The molecule has 1 aromatic heterocycles. The maximum absolute atomic E-state index is 12.4. The molecule has 1 aromatic carbocycles. The van der Waals surface area contributed by atoms with E-state index in [9.17, 15) is 18.0 Å². The number of carbonyl (C=O) groups excluding carboxylic acids is 1. The van der Waals surface area contributed by atoms with Crippen LogP contribution in [0, 0.1) is 0 Å². The number of nitrogens with zero attached hydrogens (tertiary/aromatic N) is 2. The number of hydrogen-bond acceptors (Lipinski definition) is 4. The Labute approximate surface area is 128 Å². The summed E-state index contributed by atoms with van der Waals surface area (Å²) >= 11 is 0. The molecule has 1 amide bonds. The van der Waals surface area contributed by atoms with E-state index in [2.05, 4.69) is 15.2 Å². The monoisotopic (exact) mass is 327 g/mol. The van der Waals surface area contributed by atoms with Crippen molar-refractivity contribution in [2.45, 2.75) is 19.3 Å². The lowest BCUT2D eigenvalue weighted by Crippen LogP contribution is -2.20. The van der Waals surface area contributed by atoms with Gasteiger partial charge in [-0.3, -0.25) is 4.79 Å². The van der Waals surface area contributed by atoms with Crippen molar-refractivity contribution in [2.24, 2.45) is 0 Å². The maximum atomic E-state index is 12.4. The van der Waals surface area contributed by atoms with Crippen LogP contribution in [0.2, 0.25) is 0 Å². The van der Waals surface area contributed by atoms with Crippen LogP contribution < -0.4 is 14.8 Å². The summed E-state index contributed by atoms with van der Waals surface area (Å²) in [5.74, 6) is -0.801. The highest BCUT2D eigenvalue weighted by Gasteiger charge is 2.32. The highest BCUT2D eigenvalue weighted by molar-refractivity contribution is 6.06. The second kappa shape index (κ2) is 5.82. The van der Waals surface area contributed by atoms with Crippen molar-refractivity contribution >= 4 is 11.6 Å². The van der Waals surface area contributed by atoms with Gasteiger partial charge < -0.3 is 14.8 Å². The number of ether oxygens (including phenoxy) is 2. The summed E-state index contributed by atoms with van der Waals surface area (Å²) in [4.78, 5) is 12.3. The Hall–Kier alpha value is -2.71. The van der Waals surface area contributed by atoms with Crippen molar-refractivity contribution in [3.05, 3.63) is 36.0 Å². The van der Waals surface area contributed by atoms with Gasteiger partial charge in [-0.05, 0) is 12.1 Å². The first-order valence-electron chi connectivity index (χ1n) is 6.79. The number of amides is 1. The van der Waals surface area contributed by atoms with Gasteiger partial charge in [-0.1, -0.05) is 12.1 Å². The molecule has 2 heterocycles. The van der Waals surface area contributed by atoms with Crippen LogP contribution in [0.1, 0.15) is 16.8 Å². The van der Waals surface area contributed by atoms with E-state index in [1.807, 2.05) is 0 Å². The quantitative estimate of drug-likeness (QED) is 0.941. The largest absolute Gasteiger partial charge is 0.573 e. The summed E-state index contributed by atoms with van der Waals surface area (Å²) < 4.78 is 48.0. The zero-order valence-corrected chi connectivity index (χ0v) is 11.8. The van der Waals surface area contributed by atoms with Gasteiger partial charge in [0.05, 0.1) is 18.5 Å². The van der Waals surface area contributed by atoms with Crippen LogP contribution in [0.25, 0.3) is 0 Å². The molecule has 0 atom stereocenters. The van der Waals surface area contributed by atoms with Crippen LogP contribution >= 0.6 is 0 Å². The standard InChI is InChI=1S/C14H12F3N3O3/c15-14(16,17)23-11-5-2-1-4-10(11)19-12(21)9-8-18-20-6-3-7-22-13(9)20/h1-2,4-5,8H,3,6-7H2,(H,19,21). The normalized spacial score (nSPS) is 13.9. The summed E-state index contributed by atoms with van der Waals surface area (Å²) in [5.41, 5.74) is 0.0668. The number of alkyl halides is 3. The number of nitrogens with one attached hydrogen (secondary N) is 1. The van der Waals surface area contributed by atoms with E-state index >= 15 is 0 Å². The second-order valence-electron chi connectivity index (χ2n) is 4.79. The molecule has 0 bridgehead atoms. The highest BCUT2D eigenvalue weighted by Crippen LogP contribution is 2.31. The summed E-state index contributed by atoms with van der Waals surface area (Å²) in [6.45, 7) is 1.08. The van der Waals surface area contributed by atoms with Crippen LogP contribution in [0.15, 0.2) is 30.5 Å². The molecule has 2 aromatic rings. The van der Waals surface area contributed by atoms with Gasteiger partial charge >= 0.3 is 6.36 Å². The molecule has 0 spiro atoms. The smallest absolute Gasteiger partial charge is 0.477 e. The van der Waals surface area contributed by atoms with Crippen molar-refractivity contribution in [1.82, 2.24) is 9.78 Å². The number of halogens is 3. The number of hydrogen-bond donors (Lipinski definition) is 1. The summed E-state index contributed by atoms with van der Waals surface area (Å²) in [7, 11) is 0. The average molecular weight is 327 g/mol. The minimum atomic E-state index is -4.85. The van der Waals surface area contributed by atoms with Gasteiger partial charge in [-0.15, -0.1) is 13.2 Å². The molecule has 1 N–H and O–H groups in total. The second-order valence-corrected chi connectivity index (χ2v) is 4.79. The molecule has 1 aliphatic heterocycles. The minimum Gasteiger partial charge on any atom is -0.477 e. The number of para-hydroxylation sites is 2. The van der Waals surface area contributed by atoms with Crippen LogP contribution in [0.4, 0.5) is 18.9 Å². The number of carbonyl (C=O) groups is 1. The van der Waals surface area contributed by atoms with E-state index in [0.29, 0.717) is 19.0 Å². The van der Waals surface area contributed by atoms with Crippen LogP contribution in [-0.4, -0.2) is 28.7 Å². The van der Waals surface area contributed by atoms with Gasteiger partial charge in [-0.2, -0.15) is 5.10 Å². The fraction of sp³-hybridized carbons (Fsp3) is 0.286. The van der Waals surface area contributed by atoms with E-state index in [-0.39, 0.29) is 11.3 Å².